The molecule has 3 aliphatic rings. The number of carbonyl (C=O) groups is 1. The number of allylic oxidation sites excluding steroid dienone is 2. The third-order valence-electron chi connectivity index (χ3n) is 8.62. The van der Waals surface area contributed by atoms with Gasteiger partial charge in [-0.15, -0.1) is 0 Å². The summed E-state index contributed by atoms with van der Waals surface area (Å²) in [5.74, 6) is 1.63. The van der Waals surface area contributed by atoms with E-state index in [0.29, 0.717) is 23.7 Å². The van der Waals surface area contributed by atoms with E-state index in [1.807, 2.05) is 6.08 Å². The minimum atomic E-state index is -1.78. The molecule has 148 valence electrons. The molecule has 0 amide bonds. The predicted molar refractivity (Wildman–Crippen MR) is 112 cm³/mol. The van der Waals surface area contributed by atoms with Crippen molar-refractivity contribution in [2.75, 3.05) is 0 Å². The van der Waals surface area contributed by atoms with Crippen molar-refractivity contribution in [3.05, 3.63) is 11.6 Å². The lowest BCUT2D eigenvalue weighted by molar-refractivity contribution is -0.117. The lowest BCUT2D eigenvalue weighted by atomic mass is 9.47. The average molecular weight is 377 g/mol. The molecule has 4 atom stereocenters. The molecule has 2 fully saturated rings. The van der Waals surface area contributed by atoms with Crippen molar-refractivity contribution in [3.63, 3.8) is 0 Å². The molecule has 0 unspecified atom stereocenters. The minimum absolute atomic E-state index is 0.162. The van der Waals surface area contributed by atoms with E-state index in [1.165, 1.54) is 24.8 Å². The molecule has 3 rings (SSSR count). The van der Waals surface area contributed by atoms with E-state index in [-0.39, 0.29) is 15.9 Å². The van der Waals surface area contributed by atoms with Gasteiger partial charge in [-0.2, -0.15) is 0 Å². The van der Waals surface area contributed by atoms with Crippen LogP contribution in [0.3, 0.4) is 0 Å². The molecule has 0 aromatic heterocycles. The first kappa shape index (κ1) is 20.3. The zero-order valence-corrected chi connectivity index (χ0v) is 19.4. The number of hydrogen-bond acceptors (Lipinski definition) is 2. The fourth-order valence-electron chi connectivity index (χ4n) is 5.94. The Balaban J connectivity index is 1.90. The van der Waals surface area contributed by atoms with E-state index in [0.717, 1.165) is 19.3 Å². The molecule has 0 saturated heterocycles. The molecular weight excluding hydrogens is 336 g/mol. The fraction of sp³-hybridized carbons (Fsp3) is 0.870. The highest BCUT2D eigenvalue weighted by Crippen LogP contribution is 2.63. The third-order valence-corrected chi connectivity index (χ3v) is 13.1. The smallest absolute Gasteiger partial charge is 0.192 e. The normalized spacial score (nSPS) is 37.6. The van der Waals surface area contributed by atoms with Crippen molar-refractivity contribution in [1.29, 1.82) is 0 Å². The first-order valence-corrected chi connectivity index (χ1v) is 13.6. The first-order valence-electron chi connectivity index (χ1n) is 10.7. The topological polar surface area (TPSA) is 26.3 Å². The quantitative estimate of drug-likeness (QED) is 0.513. The van der Waals surface area contributed by atoms with Crippen molar-refractivity contribution in [2.45, 2.75) is 104 Å². The van der Waals surface area contributed by atoms with Gasteiger partial charge in [0.25, 0.3) is 0 Å². The van der Waals surface area contributed by atoms with Gasteiger partial charge in [0, 0.05) is 6.42 Å². The van der Waals surface area contributed by atoms with Crippen LogP contribution in [0.15, 0.2) is 11.6 Å². The summed E-state index contributed by atoms with van der Waals surface area (Å²) < 4.78 is 6.96. The molecule has 2 saturated carbocycles. The zero-order chi connectivity index (χ0) is 19.5. The summed E-state index contributed by atoms with van der Waals surface area (Å²) in [5, 5.41) is 0.250. The molecule has 0 aromatic rings. The number of hydrogen-bond donors (Lipinski definition) is 0. The Hall–Kier alpha value is -0.413. The summed E-state index contributed by atoms with van der Waals surface area (Å²) in [4.78, 5) is 12.2. The largest absolute Gasteiger partial charge is 0.413 e. The molecular formula is C23H40O2Si. The predicted octanol–water partition coefficient (Wildman–Crippen LogP) is 6.52. The standard InChI is InChI=1S/C23H40O2Si/c1-21(2,3)26(7,8)25-20-13-14-23(6)18-15-17(24)11-9-16(18)10-12-19(23)22(20,4)5/h15-16,19-20H,9-14H2,1-8H3/t16-,19+,20+,23-/m0/s1. The van der Waals surface area contributed by atoms with Crippen LogP contribution >= 0.6 is 0 Å². The SMILES string of the molecule is CC1(C)[C@H]2CC[C@@H]3CCC(=O)C=C3[C@]2(C)CC[C@H]1O[Si](C)(C)C(C)(C)C. The molecule has 0 aromatic carbocycles. The number of carbonyl (C=O) groups excluding carboxylic acids is 1. The maximum atomic E-state index is 12.2. The molecule has 26 heavy (non-hydrogen) atoms. The van der Waals surface area contributed by atoms with Gasteiger partial charge in [0.05, 0.1) is 6.10 Å². The van der Waals surface area contributed by atoms with Gasteiger partial charge in [-0.25, -0.2) is 0 Å². The maximum absolute atomic E-state index is 12.2. The van der Waals surface area contributed by atoms with Gasteiger partial charge >= 0.3 is 0 Å². The maximum Gasteiger partial charge on any atom is 0.192 e. The Morgan fingerprint density at radius 2 is 1.73 bits per heavy atom. The second kappa shape index (κ2) is 6.30. The first-order chi connectivity index (χ1) is 11.8. The molecule has 0 N–H and O–H groups in total. The van der Waals surface area contributed by atoms with Gasteiger partial charge in [-0.1, -0.05) is 47.1 Å². The van der Waals surface area contributed by atoms with Crippen LogP contribution in [0.4, 0.5) is 0 Å². The summed E-state index contributed by atoms with van der Waals surface area (Å²) >= 11 is 0. The summed E-state index contributed by atoms with van der Waals surface area (Å²) in [6.45, 7) is 19.1. The Bertz CT molecular complexity index is 610. The Kier molecular flexibility index (Phi) is 4.93. The van der Waals surface area contributed by atoms with Crippen LogP contribution in [0, 0.1) is 22.7 Å². The summed E-state index contributed by atoms with van der Waals surface area (Å²) in [7, 11) is -1.78. The van der Waals surface area contributed by atoms with Crippen LogP contribution in [0.2, 0.25) is 18.1 Å². The lowest BCUT2D eigenvalue weighted by Crippen LogP contribution is -2.57. The summed E-state index contributed by atoms with van der Waals surface area (Å²) in [5.41, 5.74) is 1.84. The molecule has 0 aliphatic heterocycles. The van der Waals surface area contributed by atoms with Gasteiger partial charge in [0.15, 0.2) is 14.1 Å². The zero-order valence-electron chi connectivity index (χ0n) is 18.4. The van der Waals surface area contributed by atoms with Gasteiger partial charge in [0.2, 0.25) is 0 Å². The van der Waals surface area contributed by atoms with Gasteiger partial charge in [0.1, 0.15) is 0 Å². The van der Waals surface area contributed by atoms with E-state index < -0.39 is 8.32 Å². The number of fused-ring (bicyclic) bond motifs is 3. The summed E-state index contributed by atoms with van der Waals surface area (Å²) in [6.07, 6.45) is 9.09. The molecule has 2 nitrogen and oxygen atoms in total. The fourth-order valence-corrected chi connectivity index (χ4v) is 7.42. The van der Waals surface area contributed by atoms with Gasteiger partial charge in [-0.3, -0.25) is 4.79 Å². The Morgan fingerprint density at radius 3 is 2.35 bits per heavy atom. The third kappa shape index (κ3) is 3.17. The molecule has 0 spiro atoms. The van der Waals surface area contributed by atoms with Crippen LogP contribution in [-0.4, -0.2) is 20.2 Å². The van der Waals surface area contributed by atoms with Crippen molar-refractivity contribution in [2.24, 2.45) is 22.7 Å². The van der Waals surface area contributed by atoms with Crippen molar-refractivity contribution >= 4 is 14.1 Å². The van der Waals surface area contributed by atoms with E-state index in [2.05, 4.69) is 54.6 Å². The Labute approximate surface area is 162 Å². The van der Waals surface area contributed by atoms with Crippen LogP contribution in [0.1, 0.15) is 80.1 Å². The highest BCUT2D eigenvalue weighted by atomic mass is 28.4. The molecule has 0 bridgehead atoms. The van der Waals surface area contributed by atoms with E-state index >= 15 is 0 Å². The number of ketones is 1. The van der Waals surface area contributed by atoms with Gasteiger partial charge < -0.3 is 4.43 Å². The average Bonchev–Trinajstić information content (AvgIpc) is 2.49. The van der Waals surface area contributed by atoms with Crippen LogP contribution < -0.4 is 0 Å². The monoisotopic (exact) mass is 376 g/mol. The van der Waals surface area contributed by atoms with E-state index in [4.69, 9.17) is 4.43 Å². The molecule has 0 heterocycles. The minimum Gasteiger partial charge on any atom is -0.413 e. The van der Waals surface area contributed by atoms with Crippen LogP contribution in [-0.2, 0) is 9.22 Å². The molecule has 3 aliphatic carbocycles. The molecule has 0 radical (unpaired) electrons. The van der Waals surface area contributed by atoms with Gasteiger partial charge in [-0.05, 0) is 79.0 Å². The van der Waals surface area contributed by atoms with Crippen molar-refractivity contribution in [1.82, 2.24) is 0 Å². The van der Waals surface area contributed by atoms with Crippen LogP contribution in [0.5, 0.6) is 0 Å². The van der Waals surface area contributed by atoms with E-state index in [9.17, 15) is 4.79 Å². The Morgan fingerprint density at radius 1 is 1.08 bits per heavy atom. The van der Waals surface area contributed by atoms with Crippen molar-refractivity contribution < 1.29 is 9.22 Å². The highest BCUT2D eigenvalue weighted by molar-refractivity contribution is 6.74. The highest BCUT2D eigenvalue weighted by Gasteiger charge is 2.57. The molecule has 3 heteroatoms. The summed E-state index contributed by atoms with van der Waals surface area (Å²) in [6, 6.07) is 0. The second-order valence-electron chi connectivity index (χ2n) is 11.6. The van der Waals surface area contributed by atoms with E-state index in [1.54, 1.807) is 0 Å². The lowest BCUT2D eigenvalue weighted by Gasteiger charge is -2.61. The second-order valence-corrected chi connectivity index (χ2v) is 16.3. The van der Waals surface area contributed by atoms with Crippen molar-refractivity contribution in [3.8, 4) is 0 Å². The van der Waals surface area contributed by atoms with Crippen LogP contribution in [0.25, 0.3) is 0 Å². The number of rotatable bonds is 2.